The maximum absolute atomic E-state index is 13.6. The molecule has 1 aliphatic rings. The molecule has 1 saturated heterocycles. The SMILES string of the molecule is Fc1cccc(F)c1Nc1cc(N2CCOCC2)ncn1. The van der Waals surface area contributed by atoms with E-state index in [9.17, 15) is 8.78 Å². The maximum atomic E-state index is 13.6. The summed E-state index contributed by atoms with van der Waals surface area (Å²) in [4.78, 5) is 10.2. The van der Waals surface area contributed by atoms with Crippen LogP contribution in [0.2, 0.25) is 0 Å². The molecule has 1 N–H and O–H groups in total. The highest BCUT2D eigenvalue weighted by molar-refractivity contribution is 5.60. The molecule has 21 heavy (non-hydrogen) atoms. The van der Waals surface area contributed by atoms with Crippen LogP contribution in [0.15, 0.2) is 30.6 Å². The number of halogens is 2. The van der Waals surface area contributed by atoms with Gasteiger partial charge in [0.1, 0.15) is 35.3 Å². The van der Waals surface area contributed by atoms with Crippen molar-refractivity contribution in [3.05, 3.63) is 42.2 Å². The van der Waals surface area contributed by atoms with Gasteiger partial charge in [-0.25, -0.2) is 18.7 Å². The van der Waals surface area contributed by atoms with Gasteiger partial charge < -0.3 is 15.0 Å². The molecule has 0 aliphatic carbocycles. The molecule has 1 fully saturated rings. The Balaban J connectivity index is 1.83. The van der Waals surface area contributed by atoms with E-state index in [1.54, 1.807) is 6.07 Å². The first kappa shape index (κ1) is 13.7. The van der Waals surface area contributed by atoms with Gasteiger partial charge in [-0.1, -0.05) is 6.07 Å². The standard InChI is InChI=1S/C14H14F2N4O/c15-10-2-1-3-11(16)14(10)19-12-8-13(18-9-17-12)20-4-6-21-7-5-20/h1-3,8-9H,4-7H2,(H,17,18,19). The van der Waals surface area contributed by atoms with E-state index >= 15 is 0 Å². The Morgan fingerprint density at radius 1 is 1.10 bits per heavy atom. The number of para-hydroxylation sites is 1. The molecule has 1 aliphatic heterocycles. The van der Waals surface area contributed by atoms with Crippen LogP contribution in [-0.4, -0.2) is 36.3 Å². The van der Waals surface area contributed by atoms with E-state index < -0.39 is 11.6 Å². The monoisotopic (exact) mass is 292 g/mol. The van der Waals surface area contributed by atoms with Crippen molar-refractivity contribution in [1.29, 1.82) is 0 Å². The minimum Gasteiger partial charge on any atom is -0.378 e. The number of ether oxygens (including phenoxy) is 1. The van der Waals surface area contributed by atoms with Crippen LogP contribution in [0.25, 0.3) is 0 Å². The van der Waals surface area contributed by atoms with Crippen LogP contribution in [0, 0.1) is 11.6 Å². The number of anilines is 3. The molecule has 0 saturated carbocycles. The number of benzene rings is 1. The Morgan fingerprint density at radius 2 is 1.81 bits per heavy atom. The summed E-state index contributed by atoms with van der Waals surface area (Å²) in [5.41, 5.74) is -0.218. The maximum Gasteiger partial charge on any atom is 0.149 e. The van der Waals surface area contributed by atoms with Gasteiger partial charge in [0, 0.05) is 19.2 Å². The second-order valence-corrected chi connectivity index (χ2v) is 4.58. The zero-order valence-corrected chi connectivity index (χ0v) is 11.2. The van der Waals surface area contributed by atoms with Gasteiger partial charge in [-0.15, -0.1) is 0 Å². The first-order valence-electron chi connectivity index (χ1n) is 6.60. The summed E-state index contributed by atoms with van der Waals surface area (Å²) in [7, 11) is 0. The number of hydrogen-bond donors (Lipinski definition) is 1. The van der Waals surface area contributed by atoms with Crippen LogP contribution in [-0.2, 0) is 4.74 Å². The van der Waals surface area contributed by atoms with Gasteiger partial charge in [-0.05, 0) is 12.1 Å². The molecular weight excluding hydrogens is 278 g/mol. The molecule has 7 heteroatoms. The second kappa shape index (κ2) is 6.01. The summed E-state index contributed by atoms with van der Waals surface area (Å²) >= 11 is 0. The largest absolute Gasteiger partial charge is 0.378 e. The van der Waals surface area contributed by atoms with Gasteiger partial charge >= 0.3 is 0 Å². The van der Waals surface area contributed by atoms with Crippen molar-refractivity contribution in [2.45, 2.75) is 0 Å². The molecule has 3 rings (SSSR count). The minimum atomic E-state index is -0.665. The first-order chi connectivity index (χ1) is 10.2. The third kappa shape index (κ3) is 3.08. The summed E-state index contributed by atoms with van der Waals surface area (Å²) in [6.45, 7) is 2.72. The minimum absolute atomic E-state index is 0.218. The van der Waals surface area contributed by atoms with E-state index in [2.05, 4.69) is 15.3 Å². The summed E-state index contributed by atoms with van der Waals surface area (Å²) in [6.07, 6.45) is 1.37. The predicted octanol–water partition coefficient (Wildman–Crippen LogP) is 2.33. The van der Waals surface area contributed by atoms with Crippen molar-refractivity contribution in [2.75, 3.05) is 36.5 Å². The van der Waals surface area contributed by atoms with E-state index in [0.717, 1.165) is 13.1 Å². The third-order valence-corrected chi connectivity index (χ3v) is 3.20. The molecule has 2 heterocycles. The van der Waals surface area contributed by atoms with Crippen molar-refractivity contribution >= 4 is 17.3 Å². The van der Waals surface area contributed by atoms with Gasteiger partial charge in [0.05, 0.1) is 13.2 Å². The molecule has 0 bridgehead atoms. The van der Waals surface area contributed by atoms with Gasteiger partial charge in [-0.2, -0.15) is 0 Å². The molecule has 0 atom stereocenters. The van der Waals surface area contributed by atoms with Crippen LogP contribution in [0.1, 0.15) is 0 Å². The molecule has 0 spiro atoms. The van der Waals surface area contributed by atoms with E-state index in [4.69, 9.17) is 4.74 Å². The molecule has 2 aromatic rings. The van der Waals surface area contributed by atoms with Crippen molar-refractivity contribution < 1.29 is 13.5 Å². The Kier molecular flexibility index (Phi) is 3.92. The predicted molar refractivity (Wildman–Crippen MR) is 74.7 cm³/mol. The Hall–Kier alpha value is -2.28. The van der Waals surface area contributed by atoms with E-state index in [0.29, 0.717) is 24.8 Å². The Bertz CT molecular complexity index is 612. The van der Waals surface area contributed by atoms with E-state index in [1.807, 2.05) is 4.90 Å². The summed E-state index contributed by atoms with van der Waals surface area (Å²) in [5.74, 6) is -0.286. The Morgan fingerprint density at radius 3 is 2.52 bits per heavy atom. The quantitative estimate of drug-likeness (QED) is 0.941. The molecule has 0 unspecified atom stereocenters. The van der Waals surface area contributed by atoms with Gasteiger partial charge in [0.25, 0.3) is 0 Å². The lowest BCUT2D eigenvalue weighted by Gasteiger charge is -2.27. The number of nitrogens with one attached hydrogen (secondary N) is 1. The fourth-order valence-corrected chi connectivity index (χ4v) is 2.13. The highest BCUT2D eigenvalue weighted by Gasteiger charge is 2.14. The number of morpholine rings is 1. The lowest BCUT2D eigenvalue weighted by Crippen LogP contribution is -2.36. The van der Waals surface area contributed by atoms with Gasteiger partial charge in [0.2, 0.25) is 0 Å². The topological polar surface area (TPSA) is 50.3 Å². The lowest BCUT2D eigenvalue weighted by molar-refractivity contribution is 0.122. The second-order valence-electron chi connectivity index (χ2n) is 4.58. The number of aromatic nitrogens is 2. The van der Waals surface area contributed by atoms with Crippen molar-refractivity contribution in [2.24, 2.45) is 0 Å². The molecule has 1 aromatic carbocycles. The van der Waals surface area contributed by atoms with Crippen LogP contribution in [0.4, 0.5) is 26.1 Å². The number of hydrogen-bond acceptors (Lipinski definition) is 5. The van der Waals surface area contributed by atoms with Crippen molar-refractivity contribution in [1.82, 2.24) is 9.97 Å². The van der Waals surface area contributed by atoms with Crippen molar-refractivity contribution in [3.63, 3.8) is 0 Å². The average Bonchev–Trinajstić information content (AvgIpc) is 2.52. The molecule has 0 radical (unpaired) electrons. The van der Waals surface area contributed by atoms with Crippen LogP contribution < -0.4 is 10.2 Å². The highest BCUT2D eigenvalue weighted by atomic mass is 19.1. The summed E-state index contributed by atoms with van der Waals surface area (Å²) in [5, 5.41) is 2.66. The van der Waals surface area contributed by atoms with Crippen LogP contribution >= 0.6 is 0 Å². The smallest absolute Gasteiger partial charge is 0.149 e. The average molecular weight is 292 g/mol. The summed E-state index contributed by atoms with van der Waals surface area (Å²) in [6, 6.07) is 5.36. The van der Waals surface area contributed by atoms with E-state index in [-0.39, 0.29) is 5.69 Å². The third-order valence-electron chi connectivity index (χ3n) is 3.20. The lowest BCUT2D eigenvalue weighted by atomic mass is 10.3. The van der Waals surface area contributed by atoms with E-state index in [1.165, 1.54) is 24.5 Å². The first-order valence-corrected chi connectivity index (χ1v) is 6.60. The summed E-state index contributed by atoms with van der Waals surface area (Å²) < 4.78 is 32.5. The molecule has 110 valence electrons. The molecule has 0 amide bonds. The molecule has 5 nitrogen and oxygen atoms in total. The zero-order valence-electron chi connectivity index (χ0n) is 11.2. The highest BCUT2D eigenvalue weighted by Crippen LogP contribution is 2.23. The fourth-order valence-electron chi connectivity index (χ4n) is 2.13. The number of rotatable bonds is 3. The van der Waals surface area contributed by atoms with Gasteiger partial charge in [0.15, 0.2) is 0 Å². The molecular formula is C14H14F2N4O. The van der Waals surface area contributed by atoms with Crippen LogP contribution in [0.3, 0.4) is 0 Å². The van der Waals surface area contributed by atoms with Crippen molar-refractivity contribution in [3.8, 4) is 0 Å². The fraction of sp³-hybridized carbons (Fsp3) is 0.286. The normalized spacial score (nSPS) is 15.0. The zero-order chi connectivity index (χ0) is 14.7. The Labute approximate surface area is 120 Å². The van der Waals surface area contributed by atoms with Crippen LogP contribution in [0.5, 0.6) is 0 Å². The van der Waals surface area contributed by atoms with Gasteiger partial charge in [-0.3, -0.25) is 0 Å². The number of nitrogens with zero attached hydrogens (tertiary/aromatic N) is 3. The molecule has 1 aromatic heterocycles.